The van der Waals surface area contributed by atoms with E-state index in [-0.39, 0.29) is 11.7 Å². The highest BCUT2D eigenvalue weighted by Gasteiger charge is 2.04. The normalized spacial score (nSPS) is 9.95. The summed E-state index contributed by atoms with van der Waals surface area (Å²) in [4.78, 5) is 0. The van der Waals surface area contributed by atoms with Gasteiger partial charge in [0.25, 0.3) is 0 Å². The number of aromatic nitrogens is 2. The molecule has 0 spiro atoms. The Bertz CT molecular complexity index is 643. The molecule has 104 valence electrons. The van der Waals surface area contributed by atoms with Gasteiger partial charge in [0.1, 0.15) is 11.6 Å². The third kappa shape index (κ3) is 4.01. The second-order valence-electron chi connectivity index (χ2n) is 4.20. The Hall–Kier alpha value is -1.99. The van der Waals surface area contributed by atoms with Crippen LogP contribution in [0.5, 0.6) is 5.75 Å². The van der Waals surface area contributed by atoms with E-state index in [4.69, 9.17) is 16.3 Å². The van der Waals surface area contributed by atoms with E-state index < -0.39 is 0 Å². The summed E-state index contributed by atoms with van der Waals surface area (Å²) < 4.78 is 20.6. The molecule has 0 aliphatic heterocycles. The van der Waals surface area contributed by atoms with E-state index in [1.165, 1.54) is 12.1 Å². The molecule has 0 aliphatic rings. The number of hydrogen-bond acceptors (Lipinski definition) is 2. The van der Waals surface area contributed by atoms with Crippen molar-refractivity contribution < 1.29 is 9.13 Å². The number of benzene rings is 1. The standard InChI is InChI=1S/C15H14ClFN2O/c1-19-11-12(10-18-19)6-8-20-15-5-4-14(17)9-13(15)3-2-7-16/h4-5,9-11H,6-8H2,1H3. The van der Waals surface area contributed by atoms with Crippen molar-refractivity contribution in [1.29, 1.82) is 0 Å². The van der Waals surface area contributed by atoms with Crippen LogP contribution in [-0.2, 0) is 13.5 Å². The number of rotatable bonds is 4. The van der Waals surface area contributed by atoms with Gasteiger partial charge >= 0.3 is 0 Å². The summed E-state index contributed by atoms with van der Waals surface area (Å²) >= 11 is 5.51. The largest absolute Gasteiger partial charge is 0.492 e. The summed E-state index contributed by atoms with van der Waals surface area (Å²) in [6.07, 6.45) is 4.46. The van der Waals surface area contributed by atoms with Crippen LogP contribution in [0.2, 0.25) is 0 Å². The van der Waals surface area contributed by atoms with Gasteiger partial charge in [-0.25, -0.2) is 4.39 Å². The average Bonchev–Trinajstić information content (AvgIpc) is 2.84. The molecule has 0 saturated heterocycles. The lowest BCUT2D eigenvalue weighted by molar-refractivity contribution is 0.320. The van der Waals surface area contributed by atoms with E-state index in [0.717, 1.165) is 12.0 Å². The Balaban J connectivity index is 2.01. The maximum Gasteiger partial charge on any atom is 0.135 e. The van der Waals surface area contributed by atoms with E-state index in [2.05, 4.69) is 16.9 Å². The van der Waals surface area contributed by atoms with Gasteiger partial charge in [-0.15, -0.1) is 11.6 Å². The van der Waals surface area contributed by atoms with Crippen molar-refractivity contribution in [3.63, 3.8) is 0 Å². The molecule has 2 aromatic rings. The lowest BCUT2D eigenvalue weighted by Gasteiger charge is -2.07. The van der Waals surface area contributed by atoms with Crippen molar-refractivity contribution in [3.05, 3.63) is 47.5 Å². The molecule has 0 atom stereocenters. The van der Waals surface area contributed by atoms with E-state index in [0.29, 0.717) is 17.9 Å². The van der Waals surface area contributed by atoms with E-state index in [1.807, 2.05) is 13.2 Å². The van der Waals surface area contributed by atoms with Gasteiger partial charge in [0.2, 0.25) is 0 Å². The lowest BCUT2D eigenvalue weighted by atomic mass is 10.2. The third-order valence-corrected chi connectivity index (χ3v) is 2.77. The molecule has 0 bridgehead atoms. The smallest absolute Gasteiger partial charge is 0.135 e. The van der Waals surface area contributed by atoms with Crippen LogP contribution >= 0.6 is 11.6 Å². The van der Waals surface area contributed by atoms with Gasteiger partial charge in [0, 0.05) is 19.7 Å². The quantitative estimate of drug-likeness (QED) is 0.640. The number of hydrogen-bond donors (Lipinski definition) is 0. The van der Waals surface area contributed by atoms with Crippen LogP contribution < -0.4 is 4.74 Å². The summed E-state index contributed by atoms with van der Waals surface area (Å²) in [6, 6.07) is 4.28. The fourth-order valence-corrected chi connectivity index (χ4v) is 1.80. The second kappa shape index (κ2) is 6.97. The predicted molar refractivity (Wildman–Crippen MR) is 76.4 cm³/mol. The zero-order chi connectivity index (χ0) is 14.4. The molecule has 0 unspecified atom stereocenters. The molecule has 0 fully saturated rings. The minimum absolute atomic E-state index is 0.200. The summed E-state index contributed by atoms with van der Waals surface area (Å²) in [5, 5.41) is 4.09. The summed E-state index contributed by atoms with van der Waals surface area (Å²) in [5.41, 5.74) is 1.60. The summed E-state index contributed by atoms with van der Waals surface area (Å²) in [7, 11) is 1.87. The molecule has 1 aromatic heterocycles. The Morgan fingerprint density at radius 2 is 2.30 bits per heavy atom. The zero-order valence-corrected chi connectivity index (χ0v) is 11.8. The Labute approximate surface area is 122 Å². The number of ether oxygens (including phenoxy) is 1. The van der Waals surface area contributed by atoms with Gasteiger partial charge in [-0.3, -0.25) is 4.68 Å². The van der Waals surface area contributed by atoms with Crippen LogP contribution in [-0.4, -0.2) is 22.3 Å². The minimum Gasteiger partial charge on any atom is -0.492 e. The molecule has 0 amide bonds. The SMILES string of the molecule is Cn1cc(CCOc2ccc(F)cc2C#CCCl)cn1. The van der Waals surface area contributed by atoms with Crippen LogP contribution in [0.15, 0.2) is 30.6 Å². The van der Waals surface area contributed by atoms with Crippen molar-refractivity contribution in [3.8, 4) is 17.6 Å². The molecule has 0 N–H and O–H groups in total. The first kappa shape index (κ1) is 14.4. The maximum atomic E-state index is 13.2. The number of halogens is 2. The van der Waals surface area contributed by atoms with Crippen LogP contribution in [0.4, 0.5) is 4.39 Å². The van der Waals surface area contributed by atoms with Crippen LogP contribution in [0.3, 0.4) is 0 Å². The van der Waals surface area contributed by atoms with Crippen LogP contribution in [0, 0.1) is 17.7 Å². The fourth-order valence-electron chi connectivity index (χ4n) is 1.73. The molecular weight excluding hydrogens is 279 g/mol. The van der Waals surface area contributed by atoms with Crippen molar-refractivity contribution >= 4 is 11.6 Å². The fraction of sp³-hybridized carbons (Fsp3) is 0.267. The first-order valence-electron chi connectivity index (χ1n) is 6.14. The van der Waals surface area contributed by atoms with Crippen LogP contribution in [0.1, 0.15) is 11.1 Å². The number of aryl methyl sites for hydroxylation is 1. The van der Waals surface area contributed by atoms with Crippen LogP contribution in [0.25, 0.3) is 0 Å². The Kier molecular flexibility index (Phi) is 5.03. The monoisotopic (exact) mass is 292 g/mol. The molecule has 20 heavy (non-hydrogen) atoms. The summed E-state index contributed by atoms with van der Waals surface area (Å²) in [6.45, 7) is 0.479. The van der Waals surface area contributed by atoms with Gasteiger partial charge < -0.3 is 4.74 Å². The third-order valence-electron chi connectivity index (χ3n) is 2.64. The van der Waals surface area contributed by atoms with E-state index >= 15 is 0 Å². The number of alkyl halides is 1. The number of nitrogens with zero attached hydrogens (tertiary/aromatic N) is 2. The lowest BCUT2D eigenvalue weighted by Crippen LogP contribution is -2.02. The van der Waals surface area contributed by atoms with E-state index in [9.17, 15) is 4.39 Å². The molecule has 5 heteroatoms. The molecular formula is C15H14ClFN2O. The Morgan fingerprint density at radius 3 is 3.00 bits per heavy atom. The molecule has 1 aromatic carbocycles. The second-order valence-corrected chi connectivity index (χ2v) is 4.46. The highest BCUT2D eigenvalue weighted by atomic mass is 35.5. The molecule has 0 saturated carbocycles. The van der Waals surface area contributed by atoms with Gasteiger partial charge in [-0.1, -0.05) is 11.8 Å². The first-order valence-corrected chi connectivity index (χ1v) is 6.67. The average molecular weight is 293 g/mol. The van der Waals surface area contributed by atoms with Gasteiger partial charge in [-0.2, -0.15) is 5.10 Å². The van der Waals surface area contributed by atoms with Gasteiger partial charge in [0.15, 0.2) is 0 Å². The molecule has 2 rings (SSSR count). The van der Waals surface area contributed by atoms with E-state index in [1.54, 1.807) is 16.9 Å². The summed E-state index contributed by atoms with van der Waals surface area (Å²) in [5.74, 6) is 5.91. The van der Waals surface area contributed by atoms with Crippen molar-refractivity contribution in [2.75, 3.05) is 12.5 Å². The first-order chi connectivity index (χ1) is 9.69. The maximum absolute atomic E-state index is 13.2. The highest BCUT2D eigenvalue weighted by molar-refractivity contribution is 6.19. The molecule has 1 heterocycles. The zero-order valence-electron chi connectivity index (χ0n) is 11.1. The van der Waals surface area contributed by atoms with Gasteiger partial charge in [-0.05, 0) is 23.8 Å². The Morgan fingerprint density at radius 1 is 1.45 bits per heavy atom. The van der Waals surface area contributed by atoms with Crippen molar-refractivity contribution in [2.24, 2.45) is 7.05 Å². The highest BCUT2D eigenvalue weighted by Crippen LogP contribution is 2.19. The molecule has 3 nitrogen and oxygen atoms in total. The molecule has 0 aliphatic carbocycles. The van der Waals surface area contributed by atoms with Crippen molar-refractivity contribution in [2.45, 2.75) is 6.42 Å². The molecule has 0 radical (unpaired) electrons. The topological polar surface area (TPSA) is 27.1 Å². The minimum atomic E-state index is -0.344. The van der Waals surface area contributed by atoms with Crippen molar-refractivity contribution in [1.82, 2.24) is 9.78 Å². The van der Waals surface area contributed by atoms with Gasteiger partial charge in [0.05, 0.1) is 24.2 Å². The predicted octanol–water partition coefficient (Wildman–Crippen LogP) is 2.77.